The van der Waals surface area contributed by atoms with Crippen LogP contribution in [-0.4, -0.2) is 17.0 Å². The van der Waals surface area contributed by atoms with Gasteiger partial charge in [0.25, 0.3) is 5.91 Å². The average Bonchev–Trinajstić information content (AvgIpc) is 2.50. The second-order valence-corrected chi connectivity index (χ2v) is 3.54. The van der Waals surface area contributed by atoms with Crippen molar-refractivity contribution in [3.8, 4) is 5.75 Å². The highest BCUT2D eigenvalue weighted by Gasteiger charge is 2.32. The zero-order chi connectivity index (χ0) is 11.0. The monoisotopic (exact) mass is 226 g/mol. The Labute approximate surface area is 90.0 Å². The van der Waals surface area contributed by atoms with Crippen LogP contribution in [0.3, 0.4) is 0 Å². The lowest BCUT2D eigenvalue weighted by atomic mass is 10.1. The Bertz CT molecular complexity index is 447. The Morgan fingerprint density at radius 3 is 2.67 bits per heavy atom. The second kappa shape index (κ2) is 3.43. The van der Waals surface area contributed by atoms with Crippen molar-refractivity contribution in [3.05, 3.63) is 28.8 Å². The normalized spacial score (nSPS) is 19.9. The van der Waals surface area contributed by atoms with Gasteiger partial charge in [0, 0.05) is 10.6 Å². The molecule has 1 aromatic rings. The third-order valence-corrected chi connectivity index (χ3v) is 2.31. The molecule has 0 saturated carbocycles. The standard InChI is InChI=1S/C9H7ClN2O3/c10-4-1-2-6(13)5(3-4)7-8(14)12-9(15)11-7/h1-3,7,13H,(H2,11,12,14,15). The minimum Gasteiger partial charge on any atom is -0.508 e. The smallest absolute Gasteiger partial charge is 0.322 e. The van der Waals surface area contributed by atoms with E-state index in [0.29, 0.717) is 5.02 Å². The molecular formula is C9H7ClN2O3. The van der Waals surface area contributed by atoms with Crippen molar-refractivity contribution in [2.45, 2.75) is 6.04 Å². The van der Waals surface area contributed by atoms with E-state index in [-0.39, 0.29) is 11.3 Å². The van der Waals surface area contributed by atoms with Crippen LogP contribution in [-0.2, 0) is 4.79 Å². The minimum atomic E-state index is -0.879. The van der Waals surface area contributed by atoms with Gasteiger partial charge in [0.1, 0.15) is 11.8 Å². The van der Waals surface area contributed by atoms with Crippen LogP contribution in [0.2, 0.25) is 5.02 Å². The summed E-state index contributed by atoms with van der Waals surface area (Å²) >= 11 is 5.72. The molecule has 0 bridgehead atoms. The molecule has 6 heteroatoms. The van der Waals surface area contributed by atoms with Gasteiger partial charge in [-0.15, -0.1) is 0 Å². The topological polar surface area (TPSA) is 78.4 Å². The zero-order valence-corrected chi connectivity index (χ0v) is 8.21. The van der Waals surface area contributed by atoms with E-state index >= 15 is 0 Å². The number of rotatable bonds is 1. The van der Waals surface area contributed by atoms with E-state index in [9.17, 15) is 14.7 Å². The number of nitrogens with one attached hydrogen (secondary N) is 2. The maximum atomic E-state index is 11.3. The molecule has 2 rings (SSSR count). The van der Waals surface area contributed by atoms with Crippen LogP contribution in [0.1, 0.15) is 11.6 Å². The number of amides is 3. The minimum absolute atomic E-state index is 0.0817. The van der Waals surface area contributed by atoms with Crippen LogP contribution in [0.4, 0.5) is 4.79 Å². The second-order valence-electron chi connectivity index (χ2n) is 3.10. The Hall–Kier alpha value is -1.75. The molecule has 0 radical (unpaired) electrons. The summed E-state index contributed by atoms with van der Waals surface area (Å²) in [4.78, 5) is 22.2. The Balaban J connectivity index is 2.41. The van der Waals surface area contributed by atoms with Crippen molar-refractivity contribution in [2.24, 2.45) is 0 Å². The van der Waals surface area contributed by atoms with Gasteiger partial charge in [-0.1, -0.05) is 11.6 Å². The van der Waals surface area contributed by atoms with Gasteiger partial charge in [0.15, 0.2) is 0 Å². The average molecular weight is 227 g/mol. The molecule has 1 unspecified atom stereocenters. The Morgan fingerprint density at radius 1 is 1.33 bits per heavy atom. The first-order valence-electron chi connectivity index (χ1n) is 4.17. The summed E-state index contributed by atoms with van der Waals surface area (Å²) in [5.41, 5.74) is 0.283. The largest absolute Gasteiger partial charge is 0.508 e. The van der Waals surface area contributed by atoms with Gasteiger partial charge in [-0.05, 0) is 18.2 Å². The Kier molecular flexibility index (Phi) is 2.24. The summed E-state index contributed by atoms with van der Waals surface area (Å²) in [5.74, 6) is -0.584. The van der Waals surface area contributed by atoms with Crippen molar-refractivity contribution in [1.82, 2.24) is 10.6 Å². The number of carbonyl (C=O) groups excluding carboxylic acids is 2. The van der Waals surface area contributed by atoms with E-state index in [4.69, 9.17) is 11.6 Å². The first-order chi connectivity index (χ1) is 7.08. The first-order valence-corrected chi connectivity index (χ1v) is 4.55. The lowest BCUT2D eigenvalue weighted by Gasteiger charge is -2.09. The van der Waals surface area contributed by atoms with Gasteiger partial charge in [-0.3, -0.25) is 10.1 Å². The van der Waals surface area contributed by atoms with Gasteiger partial charge >= 0.3 is 6.03 Å². The van der Waals surface area contributed by atoms with Crippen molar-refractivity contribution >= 4 is 23.5 Å². The number of phenolic OH excluding ortho intramolecular Hbond substituents is 1. The van der Waals surface area contributed by atoms with E-state index in [1.807, 2.05) is 0 Å². The molecule has 15 heavy (non-hydrogen) atoms. The van der Waals surface area contributed by atoms with Crippen LogP contribution >= 0.6 is 11.6 Å². The molecule has 0 aromatic heterocycles. The number of urea groups is 1. The zero-order valence-electron chi connectivity index (χ0n) is 7.45. The molecule has 1 fully saturated rings. The number of phenols is 1. The van der Waals surface area contributed by atoms with E-state index in [0.717, 1.165) is 0 Å². The van der Waals surface area contributed by atoms with Gasteiger partial charge in [-0.2, -0.15) is 0 Å². The molecular weight excluding hydrogens is 220 g/mol. The molecule has 1 aliphatic rings. The number of hydrogen-bond donors (Lipinski definition) is 3. The van der Waals surface area contributed by atoms with Crippen molar-refractivity contribution in [1.29, 1.82) is 0 Å². The number of imide groups is 1. The summed E-state index contributed by atoms with van der Waals surface area (Å²) < 4.78 is 0. The predicted molar refractivity (Wildman–Crippen MR) is 52.5 cm³/mol. The van der Waals surface area contributed by atoms with E-state index in [1.54, 1.807) is 0 Å². The van der Waals surface area contributed by atoms with Crippen LogP contribution in [0, 0.1) is 0 Å². The number of aromatic hydroxyl groups is 1. The molecule has 1 aromatic carbocycles. The molecule has 78 valence electrons. The molecule has 5 nitrogen and oxygen atoms in total. The SMILES string of the molecule is O=C1NC(=O)C(c2cc(Cl)ccc2O)N1. The molecule has 3 N–H and O–H groups in total. The first kappa shape index (κ1) is 9.79. The summed E-state index contributed by atoms with van der Waals surface area (Å²) in [6, 6.07) is 2.85. The van der Waals surface area contributed by atoms with Crippen LogP contribution in [0.15, 0.2) is 18.2 Å². The molecule has 1 heterocycles. The third kappa shape index (κ3) is 1.73. The molecule has 1 aliphatic heterocycles. The van der Waals surface area contributed by atoms with E-state index in [2.05, 4.69) is 10.6 Å². The number of carbonyl (C=O) groups is 2. The fourth-order valence-corrected chi connectivity index (χ4v) is 1.57. The van der Waals surface area contributed by atoms with Crippen molar-refractivity contribution in [3.63, 3.8) is 0 Å². The maximum Gasteiger partial charge on any atom is 0.322 e. The molecule has 0 aliphatic carbocycles. The van der Waals surface area contributed by atoms with Gasteiger partial charge < -0.3 is 10.4 Å². The van der Waals surface area contributed by atoms with Crippen LogP contribution in [0.25, 0.3) is 0 Å². The number of halogens is 1. The summed E-state index contributed by atoms with van der Waals surface area (Å²) in [6.07, 6.45) is 0. The van der Waals surface area contributed by atoms with E-state index < -0.39 is 18.0 Å². The Morgan fingerprint density at radius 2 is 2.07 bits per heavy atom. The molecule has 3 amide bonds. The highest BCUT2D eigenvalue weighted by atomic mass is 35.5. The lowest BCUT2D eigenvalue weighted by Crippen LogP contribution is -2.22. The van der Waals surface area contributed by atoms with Crippen LogP contribution < -0.4 is 10.6 Å². The van der Waals surface area contributed by atoms with Crippen molar-refractivity contribution in [2.75, 3.05) is 0 Å². The fourth-order valence-electron chi connectivity index (χ4n) is 1.39. The predicted octanol–water partition coefficient (Wildman–Crippen LogP) is 0.926. The number of hydrogen-bond acceptors (Lipinski definition) is 3. The number of benzene rings is 1. The summed E-state index contributed by atoms with van der Waals surface area (Å²) in [6.45, 7) is 0. The maximum absolute atomic E-state index is 11.3. The third-order valence-electron chi connectivity index (χ3n) is 2.07. The van der Waals surface area contributed by atoms with E-state index in [1.165, 1.54) is 18.2 Å². The van der Waals surface area contributed by atoms with Crippen LogP contribution in [0.5, 0.6) is 5.75 Å². The highest BCUT2D eigenvalue weighted by molar-refractivity contribution is 6.30. The lowest BCUT2D eigenvalue weighted by molar-refractivity contribution is -0.120. The van der Waals surface area contributed by atoms with Crippen molar-refractivity contribution < 1.29 is 14.7 Å². The highest BCUT2D eigenvalue weighted by Crippen LogP contribution is 2.28. The fraction of sp³-hybridized carbons (Fsp3) is 0.111. The summed E-state index contributed by atoms with van der Waals surface area (Å²) in [7, 11) is 0. The molecule has 1 saturated heterocycles. The molecule has 1 atom stereocenters. The quantitative estimate of drug-likeness (QED) is 0.624. The molecule has 0 spiro atoms. The van der Waals surface area contributed by atoms with Gasteiger partial charge in [0.2, 0.25) is 0 Å². The summed E-state index contributed by atoms with van der Waals surface area (Å²) in [5, 5.41) is 14.3. The van der Waals surface area contributed by atoms with Gasteiger partial charge in [0.05, 0.1) is 0 Å². The van der Waals surface area contributed by atoms with Gasteiger partial charge in [-0.25, -0.2) is 4.79 Å².